The standard InChI is InChI=1S/C19H17ClFN3O4/c20-16-6-5-15(10-17(16)24(27)28)22-19(26)13-9-18(25)23(11-13)8-7-12-1-3-14(21)4-2-12/h1-6,10,13H,7-9,11H2,(H,22,26). The molecule has 0 bridgehead atoms. The van der Waals surface area contributed by atoms with Crippen molar-refractivity contribution in [1.29, 1.82) is 0 Å². The summed E-state index contributed by atoms with van der Waals surface area (Å²) in [4.78, 5) is 36.5. The lowest BCUT2D eigenvalue weighted by molar-refractivity contribution is -0.384. The van der Waals surface area contributed by atoms with Crippen LogP contribution >= 0.6 is 11.6 Å². The number of likely N-dealkylation sites (tertiary alicyclic amines) is 1. The Morgan fingerprint density at radius 2 is 2.00 bits per heavy atom. The molecular formula is C19H17ClFN3O4. The first kappa shape index (κ1) is 19.8. The highest BCUT2D eigenvalue weighted by Gasteiger charge is 2.34. The lowest BCUT2D eigenvalue weighted by Crippen LogP contribution is -2.30. The van der Waals surface area contributed by atoms with Crippen molar-refractivity contribution >= 4 is 34.8 Å². The Kier molecular flexibility index (Phi) is 5.89. The number of benzene rings is 2. The molecule has 1 fully saturated rings. The van der Waals surface area contributed by atoms with Gasteiger partial charge in [0.15, 0.2) is 0 Å². The van der Waals surface area contributed by atoms with Crippen molar-refractivity contribution in [3.8, 4) is 0 Å². The molecule has 1 N–H and O–H groups in total. The van der Waals surface area contributed by atoms with Crippen molar-refractivity contribution < 1.29 is 18.9 Å². The van der Waals surface area contributed by atoms with Gasteiger partial charge in [-0.05, 0) is 36.2 Å². The predicted octanol–water partition coefficient (Wildman–Crippen LogP) is 3.42. The largest absolute Gasteiger partial charge is 0.342 e. The average molecular weight is 406 g/mol. The highest BCUT2D eigenvalue weighted by molar-refractivity contribution is 6.32. The Balaban J connectivity index is 1.58. The lowest BCUT2D eigenvalue weighted by Gasteiger charge is -2.16. The van der Waals surface area contributed by atoms with Crippen LogP contribution in [0, 0.1) is 21.8 Å². The van der Waals surface area contributed by atoms with Crippen LogP contribution in [0.1, 0.15) is 12.0 Å². The summed E-state index contributed by atoms with van der Waals surface area (Å²) in [5.41, 5.74) is 0.844. The first-order chi connectivity index (χ1) is 13.3. The average Bonchev–Trinajstić information content (AvgIpc) is 3.03. The number of anilines is 1. The molecule has 1 unspecified atom stereocenters. The Morgan fingerprint density at radius 3 is 2.68 bits per heavy atom. The Bertz CT molecular complexity index is 920. The SMILES string of the molecule is O=C(Nc1ccc(Cl)c([N+](=O)[O-])c1)C1CC(=O)N(CCc2ccc(F)cc2)C1. The molecule has 28 heavy (non-hydrogen) atoms. The number of carbonyl (C=O) groups excluding carboxylic acids is 2. The third kappa shape index (κ3) is 4.64. The van der Waals surface area contributed by atoms with E-state index in [4.69, 9.17) is 11.6 Å². The molecule has 2 aromatic carbocycles. The molecule has 146 valence electrons. The van der Waals surface area contributed by atoms with Crippen molar-refractivity contribution in [2.24, 2.45) is 5.92 Å². The monoisotopic (exact) mass is 405 g/mol. The molecule has 2 amide bonds. The number of nitrogens with zero attached hydrogens (tertiary/aromatic N) is 2. The van der Waals surface area contributed by atoms with Gasteiger partial charge in [0.2, 0.25) is 11.8 Å². The molecule has 2 aromatic rings. The Labute approximate surface area is 165 Å². The van der Waals surface area contributed by atoms with Crippen LogP contribution < -0.4 is 5.32 Å². The van der Waals surface area contributed by atoms with Crippen LogP contribution in [0.5, 0.6) is 0 Å². The van der Waals surface area contributed by atoms with E-state index in [1.54, 1.807) is 17.0 Å². The van der Waals surface area contributed by atoms with E-state index < -0.39 is 10.8 Å². The highest BCUT2D eigenvalue weighted by Crippen LogP contribution is 2.28. The minimum Gasteiger partial charge on any atom is -0.342 e. The van der Waals surface area contributed by atoms with Gasteiger partial charge in [0, 0.05) is 31.3 Å². The van der Waals surface area contributed by atoms with Gasteiger partial charge in [-0.15, -0.1) is 0 Å². The third-order valence-corrected chi connectivity index (χ3v) is 4.90. The highest BCUT2D eigenvalue weighted by atomic mass is 35.5. The molecule has 1 aliphatic rings. The van der Waals surface area contributed by atoms with E-state index in [2.05, 4.69) is 5.32 Å². The van der Waals surface area contributed by atoms with Crippen molar-refractivity contribution in [2.75, 3.05) is 18.4 Å². The van der Waals surface area contributed by atoms with Gasteiger partial charge in [0.25, 0.3) is 5.69 Å². The van der Waals surface area contributed by atoms with Gasteiger partial charge >= 0.3 is 0 Å². The number of rotatable bonds is 6. The fourth-order valence-electron chi connectivity index (χ4n) is 3.05. The van der Waals surface area contributed by atoms with Crippen LogP contribution in [-0.4, -0.2) is 34.7 Å². The maximum absolute atomic E-state index is 12.9. The number of halogens is 2. The van der Waals surface area contributed by atoms with Crippen LogP contribution in [0.2, 0.25) is 5.02 Å². The molecule has 1 atom stereocenters. The summed E-state index contributed by atoms with van der Waals surface area (Å²) in [5, 5.41) is 13.5. The number of nitro groups is 1. The van der Waals surface area contributed by atoms with Crippen LogP contribution in [0.4, 0.5) is 15.8 Å². The number of hydrogen-bond donors (Lipinski definition) is 1. The molecule has 1 heterocycles. The quantitative estimate of drug-likeness (QED) is 0.588. The van der Waals surface area contributed by atoms with E-state index in [1.165, 1.54) is 30.3 Å². The molecule has 1 saturated heterocycles. The van der Waals surface area contributed by atoms with Gasteiger partial charge in [0.05, 0.1) is 10.8 Å². The zero-order chi connectivity index (χ0) is 20.3. The second-order valence-electron chi connectivity index (χ2n) is 6.53. The molecule has 9 heteroatoms. The maximum atomic E-state index is 12.9. The van der Waals surface area contributed by atoms with Crippen LogP contribution in [0.25, 0.3) is 0 Å². The summed E-state index contributed by atoms with van der Waals surface area (Å²) in [5.74, 6) is -1.38. The smallest absolute Gasteiger partial charge is 0.289 e. The maximum Gasteiger partial charge on any atom is 0.289 e. The van der Waals surface area contributed by atoms with E-state index in [0.717, 1.165) is 5.56 Å². The van der Waals surface area contributed by atoms with E-state index in [0.29, 0.717) is 13.0 Å². The minimum atomic E-state index is -0.631. The van der Waals surface area contributed by atoms with Crippen molar-refractivity contribution in [2.45, 2.75) is 12.8 Å². The first-order valence-electron chi connectivity index (χ1n) is 8.60. The fraction of sp³-hybridized carbons (Fsp3) is 0.263. The molecule has 0 spiro atoms. The van der Waals surface area contributed by atoms with Crippen LogP contribution in [0.3, 0.4) is 0 Å². The molecule has 3 rings (SSSR count). The molecule has 0 saturated carbocycles. The number of amides is 2. The summed E-state index contributed by atoms with van der Waals surface area (Å²) < 4.78 is 12.9. The van der Waals surface area contributed by atoms with Gasteiger partial charge in [-0.1, -0.05) is 23.7 Å². The van der Waals surface area contributed by atoms with E-state index in [-0.39, 0.29) is 47.0 Å². The summed E-state index contributed by atoms with van der Waals surface area (Å²) in [6, 6.07) is 10.0. The van der Waals surface area contributed by atoms with Crippen LogP contribution in [0.15, 0.2) is 42.5 Å². The van der Waals surface area contributed by atoms with Gasteiger partial charge in [0.1, 0.15) is 10.8 Å². The summed E-state index contributed by atoms with van der Waals surface area (Å²) in [6.45, 7) is 0.697. The van der Waals surface area contributed by atoms with Gasteiger partial charge in [-0.2, -0.15) is 0 Å². The minimum absolute atomic E-state index is 0.0222. The Hall–Kier alpha value is -3.00. The van der Waals surface area contributed by atoms with E-state index >= 15 is 0 Å². The van der Waals surface area contributed by atoms with Gasteiger partial charge in [-0.3, -0.25) is 19.7 Å². The van der Waals surface area contributed by atoms with Gasteiger partial charge in [-0.25, -0.2) is 4.39 Å². The topological polar surface area (TPSA) is 92.5 Å². The number of hydrogen-bond acceptors (Lipinski definition) is 4. The normalized spacial score (nSPS) is 16.3. The lowest BCUT2D eigenvalue weighted by atomic mass is 10.1. The van der Waals surface area contributed by atoms with Crippen molar-refractivity contribution in [3.05, 3.63) is 69.0 Å². The fourth-order valence-corrected chi connectivity index (χ4v) is 3.24. The molecule has 0 aromatic heterocycles. The zero-order valence-corrected chi connectivity index (χ0v) is 15.5. The first-order valence-corrected chi connectivity index (χ1v) is 8.98. The van der Waals surface area contributed by atoms with E-state index in [9.17, 15) is 24.1 Å². The molecular weight excluding hydrogens is 389 g/mol. The zero-order valence-electron chi connectivity index (χ0n) is 14.7. The second-order valence-corrected chi connectivity index (χ2v) is 6.94. The Morgan fingerprint density at radius 1 is 1.29 bits per heavy atom. The van der Waals surface area contributed by atoms with Gasteiger partial charge < -0.3 is 10.2 Å². The van der Waals surface area contributed by atoms with Crippen LogP contribution in [-0.2, 0) is 16.0 Å². The summed E-state index contributed by atoms with van der Waals surface area (Å²) in [6.07, 6.45) is 0.634. The second kappa shape index (κ2) is 8.35. The van der Waals surface area contributed by atoms with Crippen molar-refractivity contribution in [1.82, 2.24) is 4.90 Å². The summed E-state index contributed by atoms with van der Waals surface area (Å²) in [7, 11) is 0. The number of carbonyl (C=O) groups is 2. The number of nitrogens with one attached hydrogen (secondary N) is 1. The molecule has 0 radical (unpaired) electrons. The van der Waals surface area contributed by atoms with Crippen molar-refractivity contribution in [3.63, 3.8) is 0 Å². The molecule has 1 aliphatic heterocycles. The molecule has 0 aliphatic carbocycles. The molecule has 7 nitrogen and oxygen atoms in total. The predicted molar refractivity (Wildman–Crippen MR) is 102 cm³/mol. The summed E-state index contributed by atoms with van der Waals surface area (Å²) >= 11 is 5.76. The third-order valence-electron chi connectivity index (χ3n) is 4.58. The number of nitro benzene ring substituents is 1. The van der Waals surface area contributed by atoms with E-state index in [1.807, 2.05) is 0 Å².